The molecule has 1 amide bonds. The number of aromatic nitrogens is 2. The van der Waals surface area contributed by atoms with Crippen molar-refractivity contribution in [3.63, 3.8) is 0 Å². The van der Waals surface area contributed by atoms with Gasteiger partial charge < -0.3 is 19.9 Å². The largest absolute Gasteiger partial charge is 0.417 e. The Morgan fingerprint density at radius 1 is 1.22 bits per heavy atom. The molecule has 3 heterocycles. The van der Waals surface area contributed by atoms with Crippen LogP contribution < -0.4 is 15.9 Å². The number of alkyl halides is 3. The Morgan fingerprint density at radius 3 is 2.56 bits per heavy atom. The molecule has 8 nitrogen and oxygen atoms in total. The van der Waals surface area contributed by atoms with Gasteiger partial charge in [-0.25, -0.2) is 9.18 Å². The fourth-order valence-corrected chi connectivity index (χ4v) is 6.48. The molecule has 1 fully saturated rings. The summed E-state index contributed by atoms with van der Waals surface area (Å²) in [5.74, 6) is -0.376. The molecule has 2 aromatic carbocycles. The fraction of sp³-hybridized carbons (Fsp3) is 0.393. The van der Waals surface area contributed by atoms with Gasteiger partial charge in [0.2, 0.25) is 5.91 Å². The van der Waals surface area contributed by atoms with Crippen molar-refractivity contribution in [3.8, 4) is 11.1 Å². The van der Waals surface area contributed by atoms with E-state index in [1.54, 1.807) is 16.8 Å². The molecule has 2 aliphatic heterocycles. The number of piperazine rings is 1. The molecule has 218 valence electrons. The maximum absolute atomic E-state index is 14.7. The van der Waals surface area contributed by atoms with Gasteiger partial charge in [-0.1, -0.05) is 18.7 Å². The third-order valence-electron chi connectivity index (χ3n) is 7.21. The first-order valence-electron chi connectivity index (χ1n) is 13.1. The van der Waals surface area contributed by atoms with Crippen LogP contribution in [0.3, 0.4) is 0 Å². The van der Waals surface area contributed by atoms with Gasteiger partial charge >= 0.3 is 11.9 Å². The molecule has 0 saturated carbocycles. The van der Waals surface area contributed by atoms with E-state index in [2.05, 4.69) is 16.9 Å². The normalized spacial score (nSPS) is 17.5. The van der Waals surface area contributed by atoms with Crippen LogP contribution in [-0.4, -0.2) is 78.6 Å². The lowest BCUT2D eigenvalue weighted by molar-refractivity contribution is -0.137. The summed E-state index contributed by atoms with van der Waals surface area (Å²) >= 11 is 1.19. The van der Waals surface area contributed by atoms with Crippen molar-refractivity contribution in [1.29, 1.82) is 0 Å². The molecule has 0 aliphatic carbocycles. The number of halogens is 4. The first-order chi connectivity index (χ1) is 19.6. The third kappa shape index (κ3) is 5.84. The molecule has 2 aliphatic rings. The second-order valence-electron chi connectivity index (χ2n) is 9.78. The minimum atomic E-state index is -4.75. The number of amides is 1. The van der Waals surface area contributed by atoms with Crippen LogP contribution in [-0.2, 0) is 22.3 Å². The molecule has 13 heteroatoms. The lowest BCUT2D eigenvalue weighted by Crippen LogP contribution is -2.49. The summed E-state index contributed by atoms with van der Waals surface area (Å²) in [6, 6.07) is 5.91. The first-order valence-corrected chi connectivity index (χ1v) is 14.1. The molecular weight excluding hydrogens is 562 g/mol. The molecule has 41 heavy (non-hydrogen) atoms. The highest BCUT2D eigenvalue weighted by Gasteiger charge is 2.38. The number of hydrogen-bond donors (Lipinski definition) is 1. The zero-order valence-electron chi connectivity index (χ0n) is 22.3. The van der Waals surface area contributed by atoms with Crippen molar-refractivity contribution in [3.05, 3.63) is 64.9 Å². The summed E-state index contributed by atoms with van der Waals surface area (Å²) in [4.78, 5) is 33.5. The average Bonchev–Trinajstić information content (AvgIpc) is 3.15. The molecule has 1 atom stereocenters. The van der Waals surface area contributed by atoms with E-state index in [0.717, 1.165) is 18.2 Å². The van der Waals surface area contributed by atoms with Crippen molar-refractivity contribution in [2.75, 3.05) is 57.0 Å². The highest BCUT2D eigenvalue weighted by molar-refractivity contribution is 7.99. The van der Waals surface area contributed by atoms with E-state index < -0.39 is 29.4 Å². The summed E-state index contributed by atoms with van der Waals surface area (Å²) in [6.07, 6.45) is -4.00. The number of anilines is 1. The highest BCUT2D eigenvalue weighted by atomic mass is 32.2. The number of likely N-dealkylation sites (N-methyl/N-ethyl adjacent to an activating group) is 1. The topological polar surface area (TPSA) is 79.7 Å². The maximum atomic E-state index is 14.7. The SMILES string of the molecule is C=CC(=O)N1CCN(c2nc(=O)n3c4c(c(-c5ccc(F)cc5)c(C(F)(F)F)cc24)SCC(OCCNC)C3)CC1. The van der Waals surface area contributed by atoms with E-state index in [4.69, 9.17) is 4.74 Å². The van der Waals surface area contributed by atoms with Gasteiger partial charge in [0.25, 0.3) is 0 Å². The number of ether oxygens (including phenoxy) is 1. The van der Waals surface area contributed by atoms with E-state index in [1.165, 1.54) is 34.5 Å². The van der Waals surface area contributed by atoms with Crippen LogP contribution in [0.5, 0.6) is 0 Å². The lowest BCUT2D eigenvalue weighted by atomic mass is 9.96. The predicted molar refractivity (Wildman–Crippen MR) is 150 cm³/mol. The summed E-state index contributed by atoms with van der Waals surface area (Å²) in [5.41, 5.74) is -1.10. The van der Waals surface area contributed by atoms with Crippen LogP contribution in [0.15, 0.2) is 52.7 Å². The highest BCUT2D eigenvalue weighted by Crippen LogP contribution is 2.48. The molecule has 5 rings (SSSR count). The summed E-state index contributed by atoms with van der Waals surface area (Å²) < 4.78 is 65.3. The Hall–Kier alpha value is -3.42. The molecule has 0 radical (unpaired) electrons. The van der Waals surface area contributed by atoms with Crippen LogP contribution in [0.4, 0.5) is 23.4 Å². The smallest absolute Gasteiger partial charge is 0.374 e. The monoisotopic (exact) mass is 591 g/mol. The molecule has 1 N–H and O–H groups in total. The van der Waals surface area contributed by atoms with Gasteiger partial charge in [0, 0.05) is 54.3 Å². The first kappa shape index (κ1) is 29.1. The predicted octanol–water partition coefficient (Wildman–Crippen LogP) is 3.77. The number of carbonyl (C=O) groups excluding carboxylic acids is 1. The number of nitrogens with one attached hydrogen (secondary N) is 1. The summed E-state index contributed by atoms with van der Waals surface area (Å²) in [7, 11) is 1.78. The molecule has 1 aromatic heterocycles. The fourth-order valence-electron chi connectivity index (χ4n) is 5.20. The van der Waals surface area contributed by atoms with E-state index >= 15 is 0 Å². The third-order valence-corrected chi connectivity index (χ3v) is 8.43. The molecule has 1 saturated heterocycles. The minimum absolute atomic E-state index is 0.113. The molecule has 0 bridgehead atoms. The number of benzene rings is 2. The Labute approximate surface area is 238 Å². The molecular formula is C28H29F4N5O3S. The lowest BCUT2D eigenvalue weighted by Gasteiger charge is -2.35. The number of nitrogens with zero attached hydrogens (tertiary/aromatic N) is 4. The van der Waals surface area contributed by atoms with Crippen LogP contribution in [0, 0.1) is 5.82 Å². The Morgan fingerprint density at radius 2 is 1.93 bits per heavy atom. The molecule has 1 unspecified atom stereocenters. The van der Waals surface area contributed by atoms with Crippen LogP contribution in [0.2, 0.25) is 0 Å². The second-order valence-corrected chi connectivity index (χ2v) is 10.8. The molecule has 3 aromatic rings. The minimum Gasteiger partial charge on any atom is -0.374 e. The quantitative estimate of drug-likeness (QED) is 0.255. The summed E-state index contributed by atoms with van der Waals surface area (Å²) in [5, 5.41) is 3.17. The van der Waals surface area contributed by atoms with Gasteiger partial charge in [-0.05, 0) is 36.9 Å². The maximum Gasteiger partial charge on any atom is 0.417 e. The standard InChI is InChI=1S/C28H29F4N5O3S/c1-3-22(38)35-9-11-36(12-10-35)26-20-14-21(28(30,31)32)23(17-4-6-18(29)7-5-17)25-24(20)37(27(39)34-26)15-19(16-41-25)40-13-8-33-2/h3-7,14,19,33H,1,8-13,15-16H2,2H3. The number of thioether (sulfide) groups is 1. The van der Waals surface area contributed by atoms with Gasteiger partial charge in [-0.2, -0.15) is 18.2 Å². The van der Waals surface area contributed by atoms with E-state index in [9.17, 15) is 27.2 Å². The Kier molecular flexibility index (Phi) is 8.39. The molecule has 0 spiro atoms. The van der Waals surface area contributed by atoms with Crippen molar-refractivity contribution in [1.82, 2.24) is 19.8 Å². The van der Waals surface area contributed by atoms with Crippen molar-refractivity contribution in [2.24, 2.45) is 0 Å². The van der Waals surface area contributed by atoms with Gasteiger partial charge in [0.1, 0.15) is 11.6 Å². The van der Waals surface area contributed by atoms with E-state index in [1.807, 2.05) is 0 Å². The van der Waals surface area contributed by atoms with Crippen LogP contribution in [0.1, 0.15) is 5.56 Å². The summed E-state index contributed by atoms with van der Waals surface area (Å²) in [6.45, 7) is 5.71. The van der Waals surface area contributed by atoms with Gasteiger partial charge in [0.05, 0.1) is 30.3 Å². The van der Waals surface area contributed by atoms with E-state index in [-0.39, 0.29) is 52.8 Å². The zero-order chi connectivity index (χ0) is 29.3. The van der Waals surface area contributed by atoms with Crippen molar-refractivity contribution in [2.45, 2.75) is 23.7 Å². The number of rotatable bonds is 7. The number of hydrogen-bond acceptors (Lipinski definition) is 7. The van der Waals surface area contributed by atoms with Crippen molar-refractivity contribution < 1.29 is 27.1 Å². The zero-order valence-corrected chi connectivity index (χ0v) is 23.2. The second kappa shape index (κ2) is 11.8. The van der Waals surface area contributed by atoms with Crippen molar-refractivity contribution >= 4 is 34.4 Å². The van der Waals surface area contributed by atoms with Gasteiger partial charge in [-0.15, -0.1) is 11.8 Å². The van der Waals surface area contributed by atoms with Gasteiger partial charge in [-0.3, -0.25) is 9.36 Å². The average molecular weight is 592 g/mol. The van der Waals surface area contributed by atoms with E-state index in [0.29, 0.717) is 37.5 Å². The number of carbonyl (C=O) groups is 1. The van der Waals surface area contributed by atoms with Crippen LogP contribution in [0.25, 0.3) is 22.0 Å². The Balaban J connectivity index is 1.73. The van der Waals surface area contributed by atoms with Gasteiger partial charge in [0.15, 0.2) is 0 Å². The van der Waals surface area contributed by atoms with Crippen LogP contribution >= 0.6 is 11.8 Å². The Bertz CT molecular complexity index is 1520.